The Bertz CT molecular complexity index is 479. The molecule has 1 amide bonds. The van der Waals surface area contributed by atoms with E-state index in [1.807, 2.05) is 4.90 Å². The van der Waals surface area contributed by atoms with Gasteiger partial charge < -0.3 is 10.2 Å². The van der Waals surface area contributed by atoms with Crippen LogP contribution >= 0.6 is 36.2 Å². The van der Waals surface area contributed by atoms with Crippen LogP contribution in [0, 0.1) is 5.41 Å². The first-order valence-corrected chi connectivity index (χ1v) is 8.49. The summed E-state index contributed by atoms with van der Waals surface area (Å²) in [5.41, 5.74) is 0.470. The number of carbonyl (C=O) groups excluding carboxylic acids is 1. The fourth-order valence-electron chi connectivity index (χ4n) is 3.30. The Labute approximate surface area is 148 Å². The summed E-state index contributed by atoms with van der Waals surface area (Å²) >= 11 is 1.57. The normalized spacial score (nSPS) is 19.6. The number of nitrogens with one attached hydrogen (secondary N) is 1. The number of halogens is 2. The third kappa shape index (κ3) is 4.13. The average molecular weight is 366 g/mol. The third-order valence-corrected chi connectivity index (χ3v) is 5.72. The van der Waals surface area contributed by atoms with Gasteiger partial charge in [0.1, 0.15) is 4.88 Å². The van der Waals surface area contributed by atoms with E-state index in [1.54, 1.807) is 17.5 Å². The molecule has 2 fully saturated rings. The molecular formula is C15H25Cl2N3OS. The first kappa shape index (κ1) is 19.7. The zero-order valence-corrected chi connectivity index (χ0v) is 15.4. The number of carbonyl (C=O) groups is 1. The number of thiazole rings is 1. The van der Waals surface area contributed by atoms with E-state index >= 15 is 0 Å². The molecule has 2 aliphatic heterocycles. The minimum absolute atomic E-state index is 0. The van der Waals surface area contributed by atoms with Gasteiger partial charge >= 0.3 is 0 Å². The Morgan fingerprint density at radius 1 is 1.36 bits per heavy atom. The second-order valence-corrected chi connectivity index (χ2v) is 7.20. The van der Waals surface area contributed by atoms with Gasteiger partial charge in [0.25, 0.3) is 5.91 Å². The first-order chi connectivity index (χ1) is 9.72. The summed E-state index contributed by atoms with van der Waals surface area (Å²) in [4.78, 5) is 19.7. The Kier molecular flexibility index (Phi) is 7.59. The maximum atomic E-state index is 12.5. The molecule has 2 saturated heterocycles. The molecular weight excluding hydrogens is 341 g/mol. The highest BCUT2D eigenvalue weighted by molar-refractivity contribution is 7.13. The Hall–Kier alpha value is -0.360. The van der Waals surface area contributed by atoms with Crippen LogP contribution in [0.25, 0.3) is 0 Å². The van der Waals surface area contributed by atoms with E-state index in [2.05, 4.69) is 17.2 Å². The van der Waals surface area contributed by atoms with Gasteiger partial charge in [0, 0.05) is 19.6 Å². The topological polar surface area (TPSA) is 45.2 Å². The molecule has 7 heteroatoms. The zero-order chi connectivity index (χ0) is 14.0. The molecule has 0 atom stereocenters. The van der Waals surface area contributed by atoms with Crippen molar-refractivity contribution >= 4 is 42.1 Å². The molecule has 3 heterocycles. The van der Waals surface area contributed by atoms with Gasteiger partial charge in [0.2, 0.25) is 0 Å². The zero-order valence-electron chi connectivity index (χ0n) is 13.0. The van der Waals surface area contributed by atoms with E-state index < -0.39 is 0 Å². The number of piperidine rings is 1. The smallest absolute Gasteiger partial charge is 0.265 e. The SMILES string of the molecule is CCCc1ncc(C(=O)N2CCC3(CCNC3)CC2)s1.Cl.Cl. The van der Waals surface area contributed by atoms with Crippen molar-refractivity contribution in [1.82, 2.24) is 15.2 Å². The molecule has 22 heavy (non-hydrogen) atoms. The summed E-state index contributed by atoms with van der Waals surface area (Å²) < 4.78 is 0. The second kappa shape index (κ2) is 8.48. The molecule has 0 aliphatic carbocycles. The highest BCUT2D eigenvalue weighted by Crippen LogP contribution is 2.37. The van der Waals surface area contributed by atoms with Crippen molar-refractivity contribution in [3.05, 3.63) is 16.1 Å². The van der Waals surface area contributed by atoms with Crippen LogP contribution in [0.5, 0.6) is 0 Å². The van der Waals surface area contributed by atoms with E-state index in [0.717, 1.165) is 61.7 Å². The van der Waals surface area contributed by atoms with Crippen molar-refractivity contribution in [2.75, 3.05) is 26.2 Å². The lowest BCUT2D eigenvalue weighted by molar-refractivity contribution is 0.0612. The van der Waals surface area contributed by atoms with Gasteiger partial charge in [-0.05, 0) is 44.1 Å². The lowest BCUT2D eigenvalue weighted by Crippen LogP contribution is -2.43. The predicted molar refractivity (Wildman–Crippen MR) is 95.7 cm³/mol. The number of hydrogen-bond acceptors (Lipinski definition) is 4. The summed E-state index contributed by atoms with van der Waals surface area (Å²) in [6.45, 7) is 6.23. The van der Waals surface area contributed by atoms with Crippen LogP contribution in [-0.2, 0) is 6.42 Å². The predicted octanol–water partition coefficient (Wildman–Crippen LogP) is 3.15. The van der Waals surface area contributed by atoms with Crippen molar-refractivity contribution in [2.45, 2.75) is 39.0 Å². The van der Waals surface area contributed by atoms with E-state index in [9.17, 15) is 4.79 Å². The molecule has 0 bridgehead atoms. The fraction of sp³-hybridized carbons (Fsp3) is 0.733. The number of aromatic nitrogens is 1. The van der Waals surface area contributed by atoms with Gasteiger partial charge in [-0.3, -0.25) is 4.79 Å². The number of amides is 1. The van der Waals surface area contributed by atoms with Gasteiger partial charge in [0.05, 0.1) is 11.2 Å². The number of likely N-dealkylation sites (tertiary alicyclic amines) is 1. The van der Waals surface area contributed by atoms with Crippen LogP contribution in [0.1, 0.15) is 47.3 Å². The van der Waals surface area contributed by atoms with Crippen LogP contribution < -0.4 is 5.32 Å². The van der Waals surface area contributed by atoms with Crippen molar-refractivity contribution in [2.24, 2.45) is 5.41 Å². The summed E-state index contributed by atoms with van der Waals surface area (Å²) in [6.07, 6.45) is 7.39. The molecule has 1 N–H and O–H groups in total. The molecule has 0 unspecified atom stereocenters. The molecule has 2 aliphatic rings. The minimum atomic E-state index is 0. The monoisotopic (exact) mass is 365 g/mol. The van der Waals surface area contributed by atoms with Gasteiger partial charge in [-0.2, -0.15) is 0 Å². The summed E-state index contributed by atoms with van der Waals surface area (Å²) in [6, 6.07) is 0. The quantitative estimate of drug-likeness (QED) is 0.894. The van der Waals surface area contributed by atoms with E-state index in [-0.39, 0.29) is 30.7 Å². The lowest BCUT2D eigenvalue weighted by Gasteiger charge is -2.38. The average Bonchev–Trinajstić information content (AvgIpc) is 3.10. The Morgan fingerprint density at radius 3 is 2.68 bits per heavy atom. The first-order valence-electron chi connectivity index (χ1n) is 7.67. The summed E-state index contributed by atoms with van der Waals surface area (Å²) in [7, 11) is 0. The molecule has 126 valence electrons. The molecule has 1 aromatic heterocycles. The van der Waals surface area contributed by atoms with Crippen molar-refractivity contribution in [1.29, 1.82) is 0 Å². The number of aryl methyl sites for hydroxylation is 1. The highest BCUT2D eigenvalue weighted by Gasteiger charge is 2.38. The van der Waals surface area contributed by atoms with Crippen molar-refractivity contribution < 1.29 is 4.79 Å². The van der Waals surface area contributed by atoms with Crippen LogP contribution in [0.15, 0.2) is 6.20 Å². The molecule has 4 nitrogen and oxygen atoms in total. The largest absolute Gasteiger partial charge is 0.338 e. The van der Waals surface area contributed by atoms with E-state index in [1.165, 1.54) is 6.42 Å². The fourth-order valence-corrected chi connectivity index (χ4v) is 4.29. The maximum Gasteiger partial charge on any atom is 0.265 e. The van der Waals surface area contributed by atoms with Crippen molar-refractivity contribution in [3.8, 4) is 0 Å². The molecule has 1 aromatic rings. The van der Waals surface area contributed by atoms with Crippen LogP contribution in [0.2, 0.25) is 0 Å². The van der Waals surface area contributed by atoms with E-state index in [4.69, 9.17) is 0 Å². The van der Waals surface area contributed by atoms with Crippen molar-refractivity contribution in [3.63, 3.8) is 0 Å². The van der Waals surface area contributed by atoms with Gasteiger partial charge in [-0.25, -0.2) is 4.98 Å². The Morgan fingerprint density at radius 2 is 2.09 bits per heavy atom. The van der Waals surface area contributed by atoms with E-state index in [0.29, 0.717) is 5.41 Å². The molecule has 0 saturated carbocycles. The molecule has 0 aromatic carbocycles. The highest BCUT2D eigenvalue weighted by atomic mass is 35.5. The number of nitrogens with zero attached hydrogens (tertiary/aromatic N) is 2. The Balaban J connectivity index is 0.00000121. The standard InChI is InChI=1S/C15H23N3OS.2ClH/c1-2-3-13-17-10-12(20-13)14(19)18-8-5-15(6-9-18)4-7-16-11-15;;/h10,16H,2-9,11H2,1H3;2*1H. The van der Waals surface area contributed by atoms with Gasteiger partial charge in [-0.1, -0.05) is 6.92 Å². The van der Waals surface area contributed by atoms with Gasteiger partial charge in [0.15, 0.2) is 0 Å². The summed E-state index contributed by atoms with van der Waals surface area (Å²) in [5, 5.41) is 4.55. The lowest BCUT2D eigenvalue weighted by atomic mass is 9.78. The molecule has 3 rings (SSSR count). The summed E-state index contributed by atoms with van der Waals surface area (Å²) in [5.74, 6) is 0.186. The third-order valence-electron chi connectivity index (χ3n) is 4.67. The van der Waals surface area contributed by atoms with Gasteiger partial charge in [-0.15, -0.1) is 36.2 Å². The number of hydrogen-bond donors (Lipinski definition) is 1. The van der Waals surface area contributed by atoms with Crippen LogP contribution in [0.3, 0.4) is 0 Å². The molecule has 1 spiro atoms. The molecule has 0 radical (unpaired) electrons. The second-order valence-electron chi connectivity index (χ2n) is 6.09. The van der Waals surface area contributed by atoms with Crippen LogP contribution in [-0.4, -0.2) is 42.0 Å². The van der Waals surface area contributed by atoms with Crippen LogP contribution in [0.4, 0.5) is 0 Å². The minimum Gasteiger partial charge on any atom is -0.338 e. The maximum absolute atomic E-state index is 12.5. The number of rotatable bonds is 3.